The van der Waals surface area contributed by atoms with Gasteiger partial charge in [-0.2, -0.15) is 4.31 Å². The van der Waals surface area contributed by atoms with Crippen molar-refractivity contribution in [3.63, 3.8) is 0 Å². The van der Waals surface area contributed by atoms with E-state index in [1.165, 1.54) is 15.6 Å². The Kier molecular flexibility index (Phi) is 5.88. The van der Waals surface area contributed by atoms with Gasteiger partial charge in [-0.25, -0.2) is 8.42 Å². The van der Waals surface area contributed by atoms with Crippen LogP contribution in [0.3, 0.4) is 0 Å². The highest BCUT2D eigenvalue weighted by molar-refractivity contribution is 9.10. The average Bonchev–Trinajstić information content (AvgIpc) is 2.91. The molecule has 0 bridgehead atoms. The minimum atomic E-state index is -3.57. The van der Waals surface area contributed by atoms with E-state index in [1.807, 2.05) is 6.07 Å². The maximum absolute atomic E-state index is 12.7. The van der Waals surface area contributed by atoms with Crippen molar-refractivity contribution >= 4 is 37.3 Å². The quantitative estimate of drug-likeness (QED) is 0.728. The van der Waals surface area contributed by atoms with Crippen molar-refractivity contribution in [1.82, 2.24) is 9.29 Å². The Morgan fingerprint density at radius 1 is 1.38 bits per heavy atom. The predicted octanol–water partition coefficient (Wildman–Crippen LogP) is 2.74. The van der Waals surface area contributed by atoms with Crippen LogP contribution in [0.1, 0.15) is 5.69 Å². The standard InChI is InChI=1S/C13H15BrN2O3S2/c1-19-8-7-16(10-11-4-2-3-6-15-11)21(17,18)13-12(14)5-9-20-13/h2-6,9H,7-8,10H2,1H3. The van der Waals surface area contributed by atoms with Gasteiger partial charge in [0.15, 0.2) is 0 Å². The molecule has 0 amide bonds. The lowest BCUT2D eigenvalue weighted by Crippen LogP contribution is -2.33. The minimum absolute atomic E-state index is 0.219. The third-order valence-electron chi connectivity index (χ3n) is 2.77. The molecule has 8 heteroatoms. The second kappa shape index (κ2) is 7.46. The number of ether oxygens (including phenoxy) is 1. The molecular weight excluding hydrogens is 376 g/mol. The summed E-state index contributed by atoms with van der Waals surface area (Å²) in [6, 6.07) is 7.17. The molecule has 2 heterocycles. The predicted molar refractivity (Wildman–Crippen MR) is 85.7 cm³/mol. The van der Waals surface area contributed by atoms with E-state index in [0.717, 1.165) is 0 Å². The third kappa shape index (κ3) is 4.10. The van der Waals surface area contributed by atoms with E-state index in [0.29, 0.717) is 21.0 Å². The molecule has 0 N–H and O–H groups in total. The van der Waals surface area contributed by atoms with Crippen molar-refractivity contribution in [2.45, 2.75) is 10.8 Å². The molecule has 2 rings (SSSR count). The Morgan fingerprint density at radius 3 is 2.76 bits per heavy atom. The minimum Gasteiger partial charge on any atom is -0.383 e. The summed E-state index contributed by atoms with van der Waals surface area (Å²) in [4.78, 5) is 4.19. The fourth-order valence-corrected chi connectivity index (χ4v) is 5.58. The van der Waals surface area contributed by atoms with Gasteiger partial charge in [0.25, 0.3) is 10.0 Å². The molecule has 0 fully saturated rings. The number of sulfonamides is 1. The normalized spacial score (nSPS) is 12.0. The molecule has 0 saturated heterocycles. The smallest absolute Gasteiger partial charge is 0.254 e. The van der Waals surface area contributed by atoms with Gasteiger partial charge in [-0.1, -0.05) is 6.07 Å². The molecular formula is C13H15BrN2O3S2. The summed E-state index contributed by atoms with van der Waals surface area (Å²) < 4.78 is 32.8. The highest BCUT2D eigenvalue weighted by Crippen LogP contribution is 2.30. The van der Waals surface area contributed by atoms with E-state index in [2.05, 4.69) is 20.9 Å². The Labute approximate surface area is 136 Å². The zero-order valence-electron chi connectivity index (χ0n) is 11.4. The van der Waals surface area contributed by atoms with Crippen LogP contribution in [-0.2, 0) is 21.3 Å². The number of thiophene rings is 1. The number of pyridine rings is 1. The average molecular weight is 391 g/mol. The zero-order chi connectivity index (χ0) is 15.3. The topological polar surface area (TPSA) is 59.5 Å². The number of rotatable bonds is 7. The van der Waals surface area contributed by atoms with Gasteiger partial charge < -0.3 is 4.74 Å². The molecule has 0 unspecified atom stereocenters. The van der Waals surface area contributed by atoms with Crippen molar-refractivity contribution in [1.29, 1.82) is 0 Å². The molecule has 114 valence electrons. The number of halogens is 1. The van der Waals surface area contributed by atoms with Gasteiger partial charge in [0.2, 0.25) is 0 Å². The highest BCUT2D eigenvalue weighted by Gasteiger charge is 2.28. The highest BCUT2D eigenvalue weighted by atomic mass is 79.9. The van der Waals surface area contributed by atoms with Crippen LogP contribution >= 0.6 is 27.3 Å². The lowest BCUT2D eigenvalue weighted by atomic mass is 10.3. The number of hydrogen-bond acceptors (Lipinski definition) is 5. The first-order valence-electron chi connectivity index (χ1n) is 6.17. The third-order valence-corrected chi connectivity index (χ3v) is 7.26. The van der Waals surface area contributed by atoms with Crippen molar-refractivity contribution < 1.29 is 13.2 Å². The maximum atomic E-state index is 12.7. The number of methoxy groups -OCH3 is 1. The van der Waals surface area contributed by atoms with Gasteiger partial charge in [0.05, 0.1) is 18.8 Å². The number of aromatic nitrogens is 1. The molecule has 0 radical (unpaired) electrons. The van der Waals surface area contributed by atoms with Crippen molar-refractivity contribution in [3.05, 3.63) is 46.0 Å². The van der Waals surface area contributed by atoms with E-state index in [1.54, 1.807) is 36.9 Å². The first kappa shape index (κ1) is 16.6. The van der Waals surface area contributed by atoms with E-state index in [4.69, 9.17) is 4.74 Å². The molecule has 21 heavy (non-hydrogen) atoms. The summed E-state index contributed by atoms with van der Waals surface area (Å²) in [5.41, 5.74) is 0.699. The van der Waals surface area contributed by atoms with Crippen molar-refractivity contribution in [3.8, 4) is 0 Å². The molecule has 2 aromatic heterocycles. The first-order chi connectivity index (χ1) is 10.1. The zero-order valence-corrected chi connectivity index (χ0v) is 14.6. The number of nitrogens with zero attached hydrogens (tertiary/aromatic N) is 2. The Morgan fingerprint density at radius 2 is 2.19 bits per heavy atom. The molecule has 2 aromatic rings. The monoisotopic (exact) mass is 390 g/mol. The van der Waals surface area contributed by atoms with Gasteiger partial charge in [-0.05, 0) is 39.5 Å². The van der Waals surface area contributed by atoms with Gasteiger partial charge in [0, 0.05) is 24.3 Å². The fourth-order valence-electron chi connectivity index (χ4n) is 1.73. The fraction of sp³-hybridized carbons (Fsp3) is 0.308. The number of hydrogen-bond donors (Lipinski definition) is 0. The SMILES string of the molecule is COCCN(Cc1ccccn1)S(=O)(=O)c1sccc1Br. The molecule has 0 saturated carbocycles. The van der Waals surface area contributed by atoms with Crippen LogP contribution in [0.2, 0.25) is 0 Å². The molecule has 0 aliphatic carbocycles. The molecule has 0 aromatic carbocycles. The summed E-state index contributed by atoms with van der Waals surface area (Å²) in [5.74, 6) is 0. The van der Waals surface area contributed by atoms with Gasteiger partial charge in [0.1, 0.15) is 4.21 Å². The van der Waals surface area contributed by atoms with Crippen LogP contribution in [-0.4, -0.2) is 38.0 Å². The largest absolute Gasteiger partial charge is 0.383 e. The van der Waals surface area contributed by atoms with Crippen LogP contribution in [0.4, 0.5) is 0 Å². The van der Waals surface area contributed by atoms with Crippen LogP contribution in [0.25, 0.3) is 0 Å². The summed E-state index contributed by atoms with van der Waals surface area (Å²) in [7, 11) is -2.03. The Bertz CT molecular complexity index is 674. The molecule has 0 aliphatic rings. The van der Waals surface area contributed by atoms with Crippen molar-refractivity contribution in [2.24, 2.45) is 0 Å². The molecule has 0 atom stereocenters. The summed E-state index contributed by atoms with van der Waals surface area (Å²) in [6.45, 7) is 0.825. The maximum Gasteiger partial charge on any atom is 0.254 e. The van der Waals surface area contributed by atoms with Gasteiger partial charge >= 0.3 is 0 Å². The second-order valence-corrected chi connectivity index (χ2v) is 8.11. The van der Waals surface area contributed by atoms with Gasteiger partial charge in [-0.15, -0.1) is 11.3 Å². The lowest BCUT2D eigenvalue weighted by molar-refractivity contribution is 0.177. The van der Waals surface area contributed by atoms with Crippen LogP contribution in [0, 0.1) is 0 Å². The van der Waals surface area contributed by atoms with Crippen LogP contribution in [0.15, 0.2) is 44.5 Å². The summed E-state index contributed by atoms with van der Waals surface area (Å²) >= 11 is 4.47. The van der Waals surface area contributed by atoms with Crippen LogP contribution in [0.5, 0.6) is 0 Å². The van der Waals surface area contributed by atoms with E-state index in [9.17, 15) is 8.42 Å². The molecule has 5 nitrogen and oxygen atoms in total. The summed E-state index contributed by atoms with van der Waals surface area (Å²) in [5, 5.41) is 1.74. The second-order valence-electron chi connectivity index (χ2n) is 4.21. The summed E-state index contributed by atoms with van der Waals surface area (Å²) in [6.07, 6.45) is 1.65. The van der Waals surface area contributed by atoms with Gasteiger partial charge in [-0.3, -0.25) is 4.98 Å². The Balaban J connectivity index is 2.29. The van der Waals surface area contributed by atoms with E-state index in [-0.39, 0.29) is 13.1 Å². The van der Waals surface area contributed by atoms with E-state index < -0.39 is 10.0 Å². The van der Waals surface area contributed by atoms with E-state index >= 15 is 0 Å². The first-order valence-corrected chi connectivity index (χ1v) is 9.29. The Hall–Kier alpha value is -0.800. The lowest BCUT2D eigenvalue weighted by Gasteiger charge is -2.21. The van der Waals surface area contributed by atoms with Crippen molar-refractivity contribution in [2.75, 3.05) is 20.3 Å². The van der Waals surface area contributed by atoms with Crippen LogP contribution < -0.4 is 0 Å². The molecule has 0 aliphatic heterocycles. The molecule has 0 spiro atoms.